The molecule has 2 aromatic carbocycles. The monoisotopic (exact) mass is 356 g/mol. The summed E-state index contributed by atoms with van der Waals surface area (Å²) < 4.78 is 25.9. The molecule has 3 aromatic rings. The van der Waals surface area contributed by atoms with E-state index in [1.54, 1.807) is 36.4 Å². The SMILES string of the molecule is O=c1[nH]c2ccc(Cl)cc2n1S(=O)(=O)Cc1ccccc1Cl. The maximum absolute atomic E-state index is 12.6. The standard InChI is InChI=1S/C14H10Cl2N2O3S/c15-10-5-6-12-13(7-10)18(14(19)17-12)22(20,21)8-9-3-1-2-4-11(9)16/h1-7H,8H2,(H,17,19). The number of aromatic nitrogens is 2. The smallest absolute Gasteiger partial charge is 0.305 e. The topological polar surface area (TPSA) is 71.9 Å². The van der Waals surface area contributed by atoms with E-state index >= 15 is 0 Å². The van der Waals surface area contributed by atoms with Crippen molar-refractivity contribution in [1.82, 2.24) is 8.96 Å². The highest BCUT2D eigenvalue weighted by molar-refractivity contribution is 7.89. The molecule has 0 saturated heterocycles. The summed E-state index contributed by atoms with van der Waals surface area (Å²) in [4.78, 5) is 14.5. The highest BCUT2D eigenvalue weighted by Gasteiger charge is 2.22. The average Bonchev–Trinajstić information content (AvgIpc) is 2.77. The van der Waals surface area contributed by atoms with Gasteiger partial charge in [-0.3, -0.25) is 0 Å². The predicted molar refractivity (Wildman–Crippen MR) is 87.0 cm³/mol. The van der Waals surface area contributed by atoms with E-state index < -0.39 is 15.7 Å². The first-order chi connectivity index (χ1) is 10.4. The van der Waals surface area contributed by atoms with Gasteiger partial charge in [0.1, 0.15) is 0 Å². The Balaban J connectivity index is 2.18. The van der Waals surface area contributed by atoms with E-state index in [-0.39, 0.29) is 11.3 Å². The summed E-state index contributed by atoms with van der Waals surface area (Å²) in [5, 5.41) is 0.671. The van der Waals surface area contributed by atoms with Crippen LogP contribution in [0.1, 0.15) is 5.56 Å². The van der Waals surface area contributed by atoms with Gasteiger partial charge in [-0.15, -0.1) is 0 Å². The fourth-order valence-electron chi connectivity index (χ4n) is 2.21. The van der Waals surface area contributed by atoms with E-state index in [9.17, 15) is 13.2 Å². The molecule has 0 unspecified atom stereocenters. The fourth-order valence-corrected chi connectivity index (χ4v) is 4.18. The van der Waals surface area contributed by atoms with Crippen LogP contribution in [0.15, 0.2) is 47.3 Å². The van der Waals surface area contributed by atoms with Crippen molar-refractivity contribution in [2.24, 2.45) is 0 Å². The summed E-state index contributed by atoms with van der Waals surface area (Å²) in [6.45, 7) is 0. The lowest BCUT2D eigenvalue weighted by Gasteiger charge is -2.07. The lowest BCUT2D eigenvalue weighted by Crippen LogP contribution is -2.26. The van der Waals surface area contributed by atoms with Crippen LogP contribution in [0.5, 0.6) is 0 Å². The van der Waals surface area contributed by atoms with Crippen LogP contribution in [0.4, 0.5) is 0 Å². The second kappa shape index (κ2) is 5.46. The normalized spacial score (nSPS) is 11.9. The third kappa shape index (κ3) is 2.65. The lowest BCUT2D eigenvalue weighted by molar-refractivity contribution is 0.586. The van der Waals surface area contributed by atoms with Gasteiger partial charge in [-0.2, -0.15) is 3.97 Å². The highest BCUT2D eigenvalue weighted by atomic mass is 35.5. The molecule has 0 bridgehead atoms. The Kier molecular flexibility index (Phi) is 3.76. The van der Waals surface area contributed by atoms with Crippen molar-refractivity contribution in [3.63, 3.8) is 0 Å². The average molecular weight is 357 g/mol. The lowest BCUT2D eigenvalue weighted by atomic mass is 10.2. The van der Waals surface area contributed by atoms with Crippen molar-refractivity contribution >= 4 is 44.3 Å². The largest absolute Gasteiger partial charge is 0.340 e. The van der Waals surface area contributed by atoms with Gasteiger partial charge in [0.05, 0.1) is 16.8 Å². The van der Waals surface area contributed by atoms with Gasteiger partial charge in [0.15, 0.2) is 0 Å². The van der Waals surface area contributed by atoms with Crippen LogP contribution in [-0.4, -0.2) is 17.4 Å². The first kappa shape index (κ1) is 15.1. The molecule has 1 heterocycles. The first-order valence-electron chi connectivity index (χ1n) is 6.25. The van der Waals surface area contributed by atoms with Crippen molar-refractivity contribution in [2.75, 3.05) is 0 Å². The van der Waals surface area contributed by atoms with E-state index in [0.29, 0.717) is 21.1 Å². The minimum Gasteiger partial charge on any atom is -0.305 e. The number of hydrogen-bond acceptors (Lipinski definition) is 3. The molecule has 0 aliphatic heterocycles. The maximum Gasteiger partial charge on any atom is 0.340 e. The van der Waals surface area contributed by atoms with Gasteiger partial charge in [0.2, 0.25) is 10.0 Å². The Hall–Kier alpha value is -1.76. The summed E-state index contributed by atoms with van der Waals surface area (Å²) in [6.07, 6.45) is 0. The molecule has 0 radical (unpaired) electrons. The number of imidazole rings is 1. The van der Waals surface area contributed by atoms with E-state index in [1.165, 1.54) is 6.07 Å². The van der Waals surface area contributed by atoms with Crippen molar-refractivity contribution < 1.29 is 8.42 Å². The molecular formula is C14H10Cl2N2O3S. The minimum atomic E-state index is -3.94. The zero-order chi connectivity index (χ0) is 15.9. The number of fused-ring (bicyclic) bond motifs is 1. The second-order valence-corrected chi connectivity index (χ2v) is 7.36. The Bertz CT molecular complexity index is 1020. The molecule has 0 atom stereocenters. The second-order valence-electron chi connectivity index (χ2n) is 4.70. The summed E-state index contributed by atoms with van der Waals surface area (Å²) >= 11 is 11.9. The van der Waals surface area contributed by atoms with E-state index in [4.69, 9.17) is 23.2 Å². The molecular weight excluding hydrogens is 347 g/mol. The molecule has 5 nitrogen and oxygen atoms in total. The van der Waals surface area contributed by atoms with E-state index in [1.807, 2.05) is 0 Å². The third-order valence-corrected chi connectivity index (χ3v) is 5.38. The summed E-state index contributed by atoms with van der Waals surface area (Å²) in [5.41, 5.74) is 0.304. The molecule has 1 N–H and O–H groups in total. The van der Waals surface area contributed by atoms with Crippen LogP contribution < -0.4 is 5.69 Å². The van der Waals surface area contributed by atoms with Gasteiger partial charge in [-0.1, -0.05) is 41.4 Å². The van der Waals surface area contributed by atoms with Gasteiger partial charge < -0.3 is 4.98 Å². The van der Waals surface area contributed by atoms with Crippen molar-refractivity contribution in [3.05, 3.63) is 68.6 Å². The van der Waals surface area contributed by atoms with Gasteiger partial charge in [0.25, 0.3) is 0 Å². The first-order valence-corrected chi connectivity index (χ1v) is 8.62. The fraction of sp³-hybridized carbons (Fsp3) is 0.0714. The van der Waals surface area contributed by atoms with Gasteiger partial charge >= 0.3 is 5.69 Å². The van der Waals surface area contributed by atoms with Crippen molar-refractivity contribution in [1.29, 1.82) is 0 Å². The quantitative estimate of drug-likeness (QED) is 0.783. The van der Waals surface area contributed by atoms with E-state index in [0.717, 1.165) is 3.97 Å². The van der Waals surface area contributed by atoms with Crippen molar-refractivity contribution in [3.8, 4) is 0 Å². The predicted octanol–water partition coefficient (Wildman–Crippen LogP) is 3.01. The number of nitrogens with one attached hydrogen (secondary N) is 1. The van der Waals surface area contributed by atoms with Gasteiger partial charge in [0, 0.05) is 10.0 Å². The Morgan fingerprint density at radius 3 is 2.55 bits per heavy atom. The zero-order valence-corrected chi connectivity index (χ0v) is 13.4. The number of halogens is 2. The zero-order valence-electron chi connectivity index (χ0n) is 11.1. The molecule has 0 saturated carbocycles. The highest BCUT2D eigenvalue weighted by Crippen LogP contribution is 2.22. The maximum atomic E-state index is 12.6. The number of H-pyrrole nitrogens is 1. The van der Waals surface area contributed by atoms with Crippen molar-refractivity contribution in [2.45, 2.75) is 5.75 Å². The Labute approximate surface area is 136 Å². The minimum absolute atomic E-state index is 0.213. The molecule has 22 heavy (non-hydrogen) atoms. The van der Waals surface area contributed by atoms with E-state index in [2.05, 4.69) is 4.98 Å². The Morgan fingerprint density at radius 1 is 1.09 bits per heavy atom. The summed E-state index contributed by atoms with van der Waals surface area (Å²) in [7, 11) is -3.94. The Morgan fingerprint density at radius 2 is 1.82 bits per heavy atom. The summed E-state index contributed by atoms with van der Waals surface area (Å²) in [5.74, 6) is -0.383. The molecule has 8 heteroatoms. The van der Waals surface area contributed by atoms with Crippen LogP contribution in [0.3, 0.4) is 0 Å². The third-order valence-electron chi connectivity index (χ3n) is 3.18. The van der Waals surface area contributed by atoms with Crippen LogP contribution in [0.25, 0.3) is 11.0 Å². The molecule has 0 spiro atoms. The molecule has 0 fully saturated rings. The molecule has 0 aliphatic rings. The molecule has 3 rings (SSSR count). The molecule has 114 valence electrons. The number of nitrogens with zero attached hydrogens (tertiary/aromatic N) is 1. The number of rotatable bonds is 3. The van der Waals surface area contributed by atoms with Crippen LogP contribution in [0.2, 0.25) is 10.0 Å². The molecule has 0 amide bonds. The number of benzene rings is 2. The number of hydrogen-bond donors (Lipinski definition) is 1. The van der Waals surface area contributed by atoms with Crippen LogP contribution >= 0.6 is 23.2 Å². The van der Waals surface area contributed by atoms with Crippen LogP contribution in [0, 0.1) is 0 Å². The van der Waals surface area contributed by atoms with Gasteiger partial charge in [-0.25, -0.2) is 13.2 Å². The molecule has 0 aliphatic carbocycles. The summed E-state index contributed by atoms with van der Waals surface area (Å²) in [6, 6.07) is 11.2. The number of aromatic amines is 1. The molecule has 1 aromatic heterocycles. The van der Waals surface area contributed by atoms with Crippen LogP contribution in [-0.2, 0) is 15.8 Å². The van der Waals surface area contributed by atoms with Gasteiger partial charge in [-0.05, 0) is 29.8 Å².